The van der Waals surface area contributed by atoms with Gasteiger partial charge in [-0.15, -0.1) is 0 Å². The monoisotopic (exact) mass is 339 g/mol. The molecule has 2 aromatic carbocycles. The average Bonchev–Trinajstić information content (AvgIpc) is 3.09. The molecule has 1 aliphatic heterocycles. The number of rotatable bonds is 7. The van der Waals surface area contributed by atoms with Gasteiger partial charge in [-0.05, 0) is 29.7 Å². The first-order valence-electron chi connectivity index (χ1n) is 8.61. The number of nitrogens with one attached hydrogen (secondary N) is 1. The lowest BCUT2D eigenvalue weighted by Crippen LogP contribution is -2.32. The second kappa shape index (κ2) is 8.14. The van der Waals surface area contributed by atoms with E-state index in [2.05, 4.69) is 34.5 Å². The molecule has 0 bridgehead atoms. The maximum Gasteiger partial charge on any atom is 0.250 e. The van der Waals surface area contributed by atoms with E-state index in [0.717, 1.165) is 31.7 Å². The Balaban J connectivity index is 1.59. The van der Waals surface area contributed by atoms with Crippen LogP contribution in [0.4, 0.5) is 5.69 Å². The number of nitrogens with two attached hydrogens (primary N) is 1. The number of hydrogen-bond donors (Lipinski definition) is 2. The topological polar surface area (TPSA) is 67.6 Å². The highest BCUT2D eigenvalue weighted by molar-refractivity contribution is 5.98. The number of ether oxygens (including phenoxy) is 1. The van der Waals surface area contributed by atoms with Crippen LogP contribution in [0.3, 0.4) is 0 Å². The Kier molecular flexibility index (Phi) is 5.68. The van der Waals surface area contributed by atoms with Crippen LogP contribution in [0.5, 0.6) is 0 Å². The van der Waals surface area contributed by atoms with Crippen LogP contribution in [0.15, 0.2) is 48.5 Å². The number of para-hydroxylation sites is 1. The summed E-state index contributed by atoms with van der Waals surface area (Å²) in [5.41, 5.74) is 9.46. The zero-order valence-corrected chi connectivity index (χ0v) is 14.6. The number of methoxy groups -OCH3 is 1. The fraction of sp³-hybridized carbons (Fsp3) is 0.350. The lowest BCUT2D eigenvalue weighted by molar-refractivity contribution is 0.100. The van der Waals surface area contributed by atoms with Crippen molar-refractivity contribution in [3.8, 4) is 0 Å². The molecule has 1 atom stereocenters. The summed E-state index contributed by atoms with van der Waals surface area (Å²) in [5, 5.41) is 3.62. The van der Waals surface area contributed by atoms with E-state index in [1.165, 1.54) is 11.1 Å². The van der Waals surface area contributed by atoms with E-state index in [1.807, 2.05) is 18.2 Å². The normalized spacial score (nSPS) is 17.0. The molecule has 0 aromatic heterocycles. The molecule has 132 valence electrons. The van der Waals surface area contributed by atoms with Gasteiger partial charge in [0, 0.05) is 38.5 Å². The Hall–Kier alpha value is -2.37. The minimum atomic E-state index is -0.373. The van der Waals surface area contributed by atoms with Gasteiger partial charge in [-0.25, -0.2) is 0 Å². The van der Waals surface area contributed by atoms with Gasteiger partial charge in [0.15, 0.2) is 0 Å². The fourth-order valence-electron chi connectivity index (χ4n) is 3.36. The summed E-state index contributed by atoms with van der Waals surface area (Å²) in [6, 6.07) is 16.4. The van der Waals surface area contributed by atoms with Crippen LogP contribution in [0.2, 0.25) is 0 Å². The zero-order valence-electron chi connectivity index (χ0n) is 14.6. The van der Waals surface area contributed by atoms with Gasteiger partial charge in [-0.3, -0.25) is 4.79 Å². The summed E-state index contributed by atoms with van der Waals surface area (Å²) < 4.78 is 5.19. The summed E-state index contributed by atoms with van der Waals surface area (Å²) in [7, 11) is 1.71. The Labute approximate surface area is 148 Å². The Morgan fingerprint density at radius 1 is 1.24 bits per heavy atom. The third kappa shape index (κ3) is 4.38. The van der Waals surface area contributed by atoms with Crippen LogP contribution in [0.1, 0.15) is 27.9 Å². The van der Waals surface area contributed by atoms with Crippen molar-refractivity contribution in [1.82, 2.24) is 5.32 Å². The van der Waals surface area contributed by atoms with Crippen molar-refractivity contribution in [2.24, 2.45) is 5.73 Å². The lowest BCUT2D eigenvalue weighted by Gasteiger charge is -2.21. The second-order valence-electron chi connectivity index (χ2n) is 6.45. The quantitative estimate of drug-likeness (QED) is 0.812. The fourth-order valence-corrected chi connectivity index (χ4v) is 3.36. The van der Waals surface area contributed by atoms with Crippen molar-refractivity contribution in [3.63, 3.8) is 0 Å². The first-order chi connectivity index (χ1) is 12.2. The lowest BCUT2D eigenvalue weighted by atomic mass is 10.1. The SMILES string of the molecule is COCc1cccc(CNC2CCN(c3ccccc3C(N)=O)C2)c1. The third-order valence-corrected chi connectivity index (χ3v) is 4.60. The highest BCUT2D eigenvalue weighted by atomic mass is 16.5. The van der Waals surface area contributed by atoms with Crippen molar-refractivity contribution in [2.45, 2.75) is 25.6 Å². The van der Waals surface area contributed by atoms with Crippen molar-refractivity contribution < 1.29 is 9.53 Å². The number of hydrogen-bond acceptors (Lipinski definition) is 4. The average molecular weight is 339 g/mol. The molecule has 0 spiro atoms. The highest BCUT2D eigenvalue weighted by Gasteiger charge is 2.24. The molecule has 0 saturated carbocycles. The van der Waals surface area contributed by atoms with E-state index in [-0.39, 0.29) is 5.91 Å². The van der Waals surface area contributed by atoms with E-state index in [0.29, 0.717) is 18.2 Å². The molecule has 1 aliphatic rings. The number of amides is 1. The molecule has 1 saturated heterocycles. The van der Waals surface area contributed by atoms with Crippen LogP contribution in [0, 0.1) is 0 Å². The molecule has 0 aliphatic carbocycles. The number of nitrogens with zero attached hydrogens (tertiary/aromatic N) is 1. The molecule has 5 heteroatoms. The van der Waals surface area contributed by atoms with Gasteiger partial charge in [-0.1, -0.05) is 36.4 Å². The van der Waals surface area contributed by atoms with E-state index >= 15 is 0 Å². The maximum atomic E-state index is 11.6. The van der Waals surface area contributed by atoms with Crippen molar-refractivity contribution in [1.29, 1.82) is 0 Å². The Morgan fingerprint density at radius 3 is 2.84 bits per heavy atom. The van der Waals surface area contributed by atoms with Gasteiger partial charge in [0.2, 0.25) is 0 Å². The minimum Gasteiger partial charge on any atom is -0.380 e. The first-order valence-corrected chi connectivity index (χ1v) is 8.61. The van der Waals surface area contributed by atoms with Crippen molar-refractivity contribution in [3.05, 3.63) is 65.2 Å². The second-order valence-corrected chi connectivity index (χ2v) is 6.45. The highest BCUT2D eigenvalue weighted by Crippen LogP contribution is 2.24. The van der Waals surface area contributed by atoms with Gasteiger partial charge < -0.3 is 20.7 Å². The van der Waals surface area contributed by atoms with Gasteiger partial charge in [-0.2, -0.15) is 0 Å². The standard InChI is InChI=1S/C20H25N3O2/c1-25-14-16-6-4-5-15(11-16)12-22-17-9-10-23(13-17)19-8-3-2-7-18(19)20(21)24/h2-8,11,17,22H,9-10,12-14H2,1H3,(H2,21,24). The molecular formula is C20H25N3O2. The van der Waals surface area contributed by atoms with Gasteiger partial charge in [0.25, 0.3) is 5.91 Å². The van der Waals surface area contributed by atoms with E-state index in [1.54, 1.807) is 13.2 Å². The van der Waals surface area contributed by atoms with Crippen molar-refractivity contribution >= 4 is 11.6 Å². The molecule has 5 nitrogen and oxygen atoms in total. The number of benzene rings is 2. The molecule has 2 aromatic rings. The van der Waals surface area contributed by atoms with Crippen LogP contribution in [-0.2, 0) is 17.9 Å². The molecular weight excluding hydrogens is 314 g/mol. The summed E-state index contributed by atoms with van der Waals surface area (Å²) in [6.45, 7) is 3.26. The number of carbonyl (C=O) groups excluding carboxylic acids is 1. The maximum absolute atomic E-state index is 11.6. The molecule has 1 amide bonds. The summed E-state index contributed by atoms with van der Waals surface area (Å²) >= 11 is 0. The zero-order chi connectivity index (χ0) is 17.6. The molecule has 25 heavy (non-hydrogen) atoms. The van der Waals surface area contributed by atoms with Crippen LogP contribution in [0.25, 0.3) is 0 Å². The predicted octanol–water partition coefficient (Wildman–Crippen LogP) is 2.30. The Morgan fingerprint density at radius 2 is 2.04 bits per heavy atom. The Bertz CT molecular complexity index is 732. The molecule has 0 radical (unpaired) electrons. The number of primary amides is 1. The van der Waals surface area contributed by atoms with Gasteiger partial charge in [0.05, 0.1) is 12.2 Å². The molecule has 1 heterocycles. The third-order valence-electron chi connectivity index (χ3n) is 4.60. The van der Waals surface area contributed by atoms with E-state index in [4.69, 9.17) is 10.5 Å². The molecule has 1 fully saturated rings. The van der Waals surface area contributed by atoms with Crippen LogP contribution >= 0.6 is 0 Å². The largest absolute Gasteiger partial charge is 0.380 e. The summed E-state index contributed by atoms with van der Waals surface area (Å²) in [5.74, 6) is -0.373. The smallest absolute Gasteiger partial charge is 0.250 e. The minimum absolute atomic E-state index is 0.373. The number of carbonyl (C=O) groups is 1. The van der Waals surface area contributed by atoms with E-state index in [9.17, 15) is 4.79 Å². The van der Waals surface area contributed by atoms with Crippen LogP contribution < -0.4 is 16.0 Å². The number of anilines is 1. The van der Waals surface area contributed by atoms with Crippen LogP contribution in [-0.4, -0.2) is 32.1 Å². The van der Waals surface area contributed by atoms with Gasteiger partial charge >= 0.3 is 0 Å². The van der Waals surface area contributed by atoms with Gasteiger partial charge in [0.1, 0.15) is 0 Å². The first kappa shape index (κ1) is 17.5. The van der Waals surface area contributed by atoms with Crippen molar-refractivity contribution in [2.75, 3.05) is 25.1 Å². The molecule has 3 rings (SSSR count). The summed E-state index contributed by atoms with van der Waals surface area (Å²) in [6.07, 6.45) is 1.05. The van der Waals surface area contributed by atoms with E-state index < -0.39 is 0 Å². The molecule has 1 unspecified atom stereocenters. The summed E-state index contributed by atoms with van der Waals surface area (Å²) in [4.78, 5) is 13.9. The molecule has 3 N–H and O–H groups in total. The predicted molar refractivity (Wildman–Crippen MR) is 99.6 cm³/mol.